The molecule has 4 nitrogen and oxygen atoms in total. The predicted octanol–water partition coefficient (Wildman–Crippen LogP) is 3.72. The Hall–Kier alpha value is -1.89. The van der Waals surface area contributed by atoms with Gasteiger partial charge >= 0.3 is 5.97 Å². The molecule has 1 amide bonds. The number of rotatable bonds is 4. The number of hydrogen-bond acceptors (Lipinski definition) is 3. The molecule has 0 heterocycles. The van der Waals surface area contributed by atoms with E-state index in [1.807, 2.05) is 18.2 Å². The summed E-state index contributed by atoms with van der Waals surface area (Å²) in [6.45, 7) is 2.07. The van der Waals surface area contributed by atoms with E-state index in [2.05, 4.69) is 27.9 Å². The minimum absolute atomic E-state index is 0.207. The van der Waals surface area contributed by atoms with Gasteiger partial charge in [-0.15, -0.1) is 0 Å². The summed E-state index contributed by atoms with van der Waals surface area (Å²) in [5, 5.41) is 2.78. The molecule has 1 N–H and O–H groups in total. The van der Waals surface area contributed by atoms with E-state index in [9.17, 15) is 9.59 Å². The summed E-state index contributed by atoms with van der Waals surface area (Å²) in [6.07, 6.45) is 0. The van der Waals surface area contributed by atoms with E-state index in [1.54, 1.807) is 37.3 Å². The van der Waals surface area contributed by atoms with Crippen LogP contribution in [0.2, 0.25) is 0 Å². The third-order valence-electron chi connectivity index (χ3n) is 2.75. The molecular weight excluding hydrogens is 381 g/mol. The second-order valence-electron chi connectivity index (χ2n) is 4.24. The molecule has 2 aromatic rings. The van der Waals surface area contributed by atoms with Gasteiger partial charge in [0, 0.05) is 9.26 Å². The van der Waals surface area contributed by atoms with E-state index < -0.39 is 5.97 Å². The Labute approximate surface area is 136 Å². The van der Waals surface area contributed by atoms with Crippen LogP contribution < -0.4 is 5.32 Å². The van der Waals surface area contributed by atoms with E-state index in [4.69, 9.17) is 4.74 Å². The maximum absolute atomic E-state index is 12.2. The highest BCUT2D eigenvalue weighted by Crippen LogP contribution is 2.16. The largest absolute Gasteiger partial charge is 0.462 e. The van der Waals surface area contributed by atoms with Crippen molar-refractivity contribution in [1.29, 1.82) is 0 Å². The molecule has 2 rings (SSSR count). The Morgan fingerprint density at radius 3 is 2.62 bits per heavy atom. The van der Waals surface area contributed by atoms with Gasteiger partial charge in [-0.1, -0.05) is 18.2 Å². The van der Waals surface area contributed by atoms with Gasteiger partial charge in [-0.25, -0.2) is 4.79 Å². The highest BCUT2D eigenvalue weighted by atomic mass is 127. The molecule has 0 bridgehead atoms. The molecule has 0 spiro atoms. The van der Waals surface area contributed by atoms with Crippen LogP contribution in [0, 0.1) is 3.57 Å². The number of anilines is 1. The molecule has 0 aliphatic carbocycles. The lowest BCUT2D eigenvalue weighted by molar-refractivity contribution is 0.0526. The molecule has 5 heteroatoms. The molecule has 0 saturated carbocycles. The fourth-order valence-corrected chi connectivity index (χ4v) is 2.41. The minimum Gasteiger partial charge on any atom is -0.462 e. The Balaban J connectivity index is 2.17. The molecule has 0 atom stereocenters. The number of hydrogen-bond donors (Lipinski definition) is 1. The average Bonchev–Trinajstić information content (AvgIpc) is 2.48. The lowest BCUT2D eigenvalue weighted by atomic mass is 10.1. The van der Waals surface area contributed by atoms with Gasteiger partial charge in [0.25, 0.3) is 5.91 Å². The number of halogens is 1. The molecular formula is C16H14INO3. The van der Waals surface area contributed by atoms with Crippen LogP contribution in [0.5, 0.6) is 0 Å². The van der Waals surface area contributed by atoms with Crippen molar-refractivity contribution in [2.45, 2.75) is 6.92 Å². The van der Waals surface area contributed by atoms with Crippen molar-refractivity contribution in [2.75, 3.05) is 11.9 Å². The quantitative estimate of drug-likeness (QED) is 0.634. The first kappa shape index (κ1) is 15.5. The summed E-state index contributed by atoms with van der Waals surface area (Å²) in [4.78, 5) is 23.9. The van der Waals surface area contributed by atoms with Gasteiger partial charge < -0.3 is 10.1 Å². The van der Waals surface area contributed by atoms with Crippen molar-refractivity contribution < 1.29 is 14.3 Å². The number of carbonyl (C=O) groups excluding carboxylic acids is 2. The molecule has 0 saturated heterocycles. The summed E-state index contributed by atoms with van der Waals surface area (Å²) in [5.41, 5.74) is 1.57. The molecule has 0 aliphatic rings. The van der Waals surface area contributed by atoms with Crippen LogP contribution in [0.3, 0.4) is 0 Å². The van der Waals surface area contributed by atoms with Crippen molar-refractivity contribution in [3.8, 4) is 0 Å². The Morgan fingerprint density at radius 1 is 1.14 bits per heavy atom. The summed E-state index contributed by atoms with van der Waals surface area (Å²) < 4.78 is 5.81. The molecule has 0 fully saturated rings. The number of benzene rings is 2. The van der Waals surface area contributed by atoms with Gasteiger partial charge in [0.05, 0.1) is 17.7 Å². The van der Waals surface area contributed by atoms with Gasteiger partial charge in [-0.2, -0.15) is 0 Å². The van der Waals surface area contributed by atoms with Crippen LogP contribution >= 0.6 is 22.6 Å². The minimum atomic E-state index is -0.400. The smallest absolute Gasteiger partial charge is 0.338 e. The fraction of sp³-hybridized carbons (Fsp3) is 0.125. The van der Waals surface area contributed by atoms with Crippen LogP contribution in [0.25, 0.3) is 0 Å². The van der Waals surface area contributed by atoms with E-state index >= 15 is 0 Å². The van der Waals surface area contributed by atoms with E-state index in [1.165, 1.54) is 0 Å². The maximum atomic E-state index is 12.2. The molecule has 0 aromatic heterocycles. The molecule has 108 valence electrons. The summed E-state index contributed by atoms with van der Waals surface area (Å²) in [6, 6.07) is 14.0. The average molecular weight is 395 g/mol. The summed E-state index contributed by atoms with van der Waals surface area (Å²) >= 11 is 2.11. The molecule has 0 unspecified atom stereocenters. The van der Waals surface area contributed by atoms with Crippen LogP contribution in [-0.2, 0) is 4.74 Å². The Bertz CT molecular complexity index is 670. The van der Waals surface area contributed by atoms with Crippen molar-refractivity contribution in [2.24, 2.45) is 0 Å². The van der Waals surface area contributed by atoms with Gasteiger partial charge in [0.1, 0.15) is 0 Å². The van der Waals surface area contributed by atoms with E-state index in [-0.39, 0.29) is 5.91 Å². The normalized spacial score (nSPS) is 10.0. The predicted molar refractivity (Wildman–Crippen MR) is 89.5 cm³/mol. The zero-order valence-corrected chi connectivity index (χ0v) is 13.6. The van der Waals surface area contributed by atoms with Crippen molar-refractivity contribution in [3.05, 3.63) is 63.2 Å². The second kappa shape index (κ2) is 7.21. The monoisotopic (exact) mass is 395 g/mol. The van der Waals surface area contributed by atoms with Crippen LogP contribution in [-0.4, -0.2) is 18.5 Å². The lowest BCUT2D eigenvalue weighted by Crippen LogP contribution is -2.14. The third-order valence-corrected chi connectivity index (χ3v) is 3.69. The number of ether oxygens (including phenoxy) is 1. The SMILES string of the molecule is CCOC(=O)c1cccc(NC(=O)c2ccccc2I)c1. The Morgan fingerprint density at radius 2 is 1.90 bits per heavy atom. The van der Waals surface area contributed by atoms with Crippen molar-refractivity contribution in [3.63, 3.8) is 0 Å². The molecule has 0 radical (unpaired) electrons. The van der Waals surface area contributed by atoms with E-state index in [0.717, 1.165) is 3.57 Å². The number of nitrogens with one attached hydrogen (secondary N) is 1. The molecule has 2 aromatic carbocycles. The van der Waals surface area contributed by atoms with Crippen molar-refractivity contribution in [1.82, 2.24) is 0 Å². The third kappa shape index (κ3) is 4.04. The second-order valence-corrected chi connectivity index (χ2v) is 5.40. The highest BCUT2D eigenvalue weighted by molar-refractivity contribution is 14.1. The standard InChI is InChI=1S/C16H14INO3/c1-2-21-16(20)11-6-5-7-12(10-11)18-15(19)13-8-3-4-9-14(13)17/h3-10H,2H2,1H3,(H,18,19). The number of carbonyl (C=O) groups is 2. The van der Waals surface area contributed by atoms with Gasteiger partial charge in [0.15, 0.2) is 0 Å². The number of esters is 1. The fourth-order valence-electron chi connectivity index (χ4n) is 1.78. The summed E-state index contributed by atoms with van der Waals surface area (Å²) in [7, 11) is 0. The van der Waals surface area contributed by atoms with E-state index in [0.29, 0.717) is 23.4 Å². The first-order valence-corrected chi connectivity index (χ1v) is 7.52. The van der Waals surface area contributed by atoms with Gasteiger partial charge in [-0.05, 0) is 59.8 Å². The number of amides is 1. The van der Waals surface area contributed by atoms with Gasteiger partial charge in [-0.3, -0.25) is 4.79 Å². The van der Waals surface area contributed by atoms with Crippen LogP contribution in [0.15, 0.2) is 48.5 Å². The Kier molecular flexibility index (Phi) is 5.32. The first-order chi connectivity index (χ1) is 10.1. The lowest BCUT2D eigenvalue weighted by Gasteiger charge is -2.08. The maximum Gasteiger partial charge on any atom is 0.338 e. The molecule has 0 aliphatic heterocycles. The highest BCUT2D eigenvalue weighted by Gasteiger charge is 2.11. The zero-order valence-electron chi connectivity index (χ0n) is 11.4. The molecule has 21 heavy (non-hydrogen) atoms. The van der Waals surface area contributed by atoms with Crippen LogP contribution in [0.4, 0.5) is 5.69 Å². The van der Waals surface area contributed by atoms with Gasteiger partial charge in [0.2, 0.25) is 0 Å². The topological polar surface area (TPSA) is 55.4 Å². The van der Waals surface area contributed by atoms with Crippen LogP contribution in [0.1, 0.15) is 27.6 Å². The zero-order chi connectivity index (χ0) is 15.2. The van der Waals surface area contributed by atoms with Crippen molar-refractivity contribution >= 4 is 40.2 Å². The first-order valence-electron chi connectivity index (χ1n) is 6.45. The summed E-state index contributed by atoms with van der Waals surface area (Å²) in [5.74, 6) is -0.608.